The molecule has 0 N–H and O–H groups in total. The van der Waals surface area contributed by atoms with Crippen molar-refractivity contribution in [2.24, 2.45) is 0 Å². The normalized spacial score (nSPS) is 6.67. The molecular weight excluding hydrogens is 113 g/mol. The summed E-state index contributed by atoms with van der Waals surface area (Å²) in [7, 11) is 0. The van der Waals surface area contributed by atoms with Crippen LogP contribution in [0.4, 0.5) is 0 Å². The Kier molecular flexibility index (Phi) is 43.3. The molecular formula is C6H14BeO2. The van der Waals surface area contributed by atoms with E-state index in [1.54, 1.807) is 0 Å². The summed E-state index contributed by atoms with van der Waals surface area (Å²) in [4.78, 5) is 0. The Morgan fingerprint density at radius 2 is 1.00 bits per heavy atom. The molecule has 0 heterocycles. The predicted octanol–water partition coefficient (Wildman–Crippen LogP) is -0.867. The zero-order chi connectivity index (χ0) is 6.83. The Morgan fingerprint density at radius 1 is 0.889 bits per heavy atom. The summed E-state index contributed by atoms with van der Waals surface area (Å²) >= 11 is 0. The third-order valence-electron chi connectivity index (χ3n) is 0.408. The van der Waals surface area contributed by atoms with Gasteiger partial charge in [-0.05, 0) is 0 Å². The van der Waals surface area contributed by atoms with Gasteiger partial charge in [0, 0.05) is 0 Å². The Hall–Kier alpha value is 0.0888. The van der Waals surface area contributed by atoms with Crippen LogP contribution in [0.5, 0.6) is 0 Å². The third kappa shape index (κ3) is 68.7. The predicted molar refractivity (Wildman–Crippen MR) is 36.1 cm³/mol. The molecule has 0 atom stereocenters. The van der Waals surface area contributed by atoms with Crippen LogP contribution in [0.25, 0.3) is 0 Å². The maximum atomic E-state index is 9.30. The van der Waals surface area contributed by atoms with Crippen LogP contribution in [0.3, 0.4) is 0 Å². The van der Waals surface area contributed by atoms with Gasteiger partial charge in [0.05, 0.1) is 0 Å². The largest absolute Gasteiger partial charge is 2.00 e. The molecule has 0 radical (unpaired) electrons. The van der Waals surface area contributed by atoms with Crippen LogP contribution >= 0.6 is 0 Å². The summed E-state index contributed by atoms with van der Waals surface area (Å²) in [5.74, 6) is 0. The maximum Gasteiger partial charge on any atom is 2.00 e. The van der Waals surface area contributed by atoms with Crippen molar-refractivity contribution < 1.29 is 10.2 Å². The van der Waals surface area contributed by atoms with Gasteiger partial charge in [-0.15, -0.1) is 13.2 Å². The van der Waals surface area contributed by atoms with Gasteiger partial charge >= 0.3 is 10.1 Å². The second kappa shape index (κ2) is 24.3. The van der Waals surface area contributed by atoms with Gasteiger partial charge in [0.25, 0.3) is 0 Å². The summed E-state index contributed by atoms with van der Waals surface area (Å²) in [5, 5.41) is 18.6. The quantitative estimate of drug-likeness (QED) is 0.453. The van der Waals surface area contributed by atoms with Crippen molar-refractivity contribution in [3.05, 3.63) is 0 Å². The van der Waals surface area contributed by atoms with Crippen LogP contribution in [0, 0.1) is 0 Å². The first-order valence-electron chi connectivity index (χ1n) is 2.99. The van der Waals surface area contributed by atoms with Crippen LogP contribution in [-0.2, 0) is 0 Å². The second-order valence-corrected chi connectivity index (χ2v) is 1.41. The molecule has 2 nitrogen and oxygen atoms in total. The fourth-order valence-corrected chi connectivity index (χ4v) is 0. The first-order valence-corrected chi connectivity index (χ1v) is 2.99. The van der Waals surface area contributed by atoms with Crippen LogP contribution in [0.2, 0.25) is 0 Å². The van der Waals surface area contributed by atoms with Crippen LogP contribution in [0.1, 0.15) is 26.7 Å². The van der Waals surface area contributed by atoms with Gasteiger partial charge in [0.2, 0.25) is 0 Å². The van der Waals surface area contributed by atoms with Crippen molar-refractivity contribution in [3.8, 4) is 0 Å². The third-order valence-corrected chi connectivity index (χ3v) is 0.408. The van der Waals surface area contributed by atoms with Crippen molar-refractivity contribution in [2.75, 3.05) is 13.2 Å². The van der Waals surface area contributed by atoms with E-state index < -0.39 is 0 Å². The summed E-state index contributed by atoms with van der Waals surface area (Å²) in [6, 6.07) is 0. The molecule has 0 saturated heterocycles. The topological polar surface area (TPSA) is 46.1 Å². The molecule has 0 fully saturated rings. The van der Waals surface area contributed by atoms with E-state index in [4.69, 9.17) is 0 Å². The van der Waals surface area contributed by atoms with Crippen molar-refractivity contribution in [1.29, 1.82) is 0 Å². The average Bonchev–Trinajstić information content (AvgIpc) is 1.88. The standard InChI is InChI=1S/2C3H7O.Be/c2*1-2-3-4;/h2*2-3H2,1H3;/q2*-1;+2. The zero-order valence-electron chi connectivity index (χ0n) is 6.35. The van der Waals surface area contributed by atoms with E-state index in [0.717, 1.165) is 12.8 Å². The molecule has 0 spiro atoms. The molecule has 0 aromatic carbocycles. The Labute approximate surface area is 61.1 Å². The van der Waals surface area contributed by atoms with Crippen molar-refractivity contribution >= 4 is 10.1 Å². The van der Waals surface area contributed by atoms with E-state index >= 15 is 0 Å². The number of hydrogen-bond acceptors (Lipinski definition) is 2. The molecule has 3 heteroatoms. The Bertz CT molecular complexity index is 19.0. The van der Waals surface area contributed by atoms with Gasteiger partial charge in [-0.2, -0.15) is 0 Å². The molecule has 0 rings (SSSR count). The van der Waals surface area contributed by atoms with Gasteiger partial charge < -0.3 is 10.2 Å². The molecule has 0 aromatic rings. The molecule has 0 unspecified atom stereocenters. The summed E-state index contributed by atoms with van der Waals surface area (Å²) < 4.78 is 0. The van der Waals surface area contributed by atoms with Crippen molar-refractivity contribution in [2.45, 2.75) is 26.7 Å². The molecule has 0 bridgehead atoms. The van der Waals surface area contributed by atoms with E-state index in [-0.39, 0.29) is 23.3 Å². The fraction of sp³-hybridized carbons (Fsp3) is 1.00. The van der Waals surface area contributed by atoms with E-state index in [1.165, 1.54) is 0 Å². The SMILES string of the molecule is CCC[O-].CCC[O-].[Be+2]. The Balaban J connectivity index is -0.0000000720. The van der Waals surface area contributed by atoms with Gasteiger partial charge in [0.15, 0.2) is 0 Å². The van der Waals surface area contributed by atoms with Gasteiger partial charge in [-0.25, -0.2) is 0 Å². The first-order chi connectivity index (χ1) is 3.83. The molecule has 9 heavy (non-hydrogen) atoms. The smallest absolute Gasteiger partial charge is 0.854 e. The maximum absolute atomic E-state index is 9.30. The monoisotopic (exact) mass is 127 g/mol. The molecule has 0 aliphatic heterocycles. The van der Waals surface area contributed by atoms with E-state index in [1.807, 2.05) is 13.8 Å². The van der Waals surface area contributed by atoms with Gasteiger partial charge in [-0.3, -0.25) is 0 Å². The fourth-order valence-electron chi connectivity index (χ4n) is 0. The minimum absolute atomic E-state index is 0. The van der Waals surface area contributed by atoms with Gasteiger partial charge in [0.1, 0.15) is 0 Å². The number of hydrogen-bond donors (Lipinski definition) is 0. The summed E-state index contributed by atoms with van der Waals surface area (Å²) in [5.41, 5.74) is 0. The molecule has 0 aromatic heterocycles. The second-order valence-electron chi connectivity index (χ2n) is 1.41. The number of rotatable bonds is 2. The average molecular weight is 127 g/mol. The van der Waals surface area contributed by atoms with E-state index in [9.17, 15) is 10.2 Å². The van der Waals surface area contributed by atoms with Crippen molar-refractivity contribution in [1.82, 2.24) is 0 Å². The summed E-state index contributed by atoms with van der Waals surface area (Å²) in [6.45, 7) is 3.88. The minimum Gasteiger partial charge on any atom is -0.854 e. The molecule has 0 amide bonds. The molecule has 0 aliphatic rings. The van der Waals surface area contributed by atoms with Crippen LogP contribution in [0.15, 0.2) is 0 Å². The molecule has 0 saturated carbocycles. The summed E-state index contributed by atoms with van der Waals surface area (Å²) in [6.07, 6.45) is 1.53. The zero-order valence-corrected chi connectivity index (χ0v) is 6.35. The Morgan fingerprint density at radius 3 is 1.00 bits per heavy atom. The molecule has 52 valence electrons. The molecule has 0 aliphatic carbocycles. The first kappa shape index (κ1) is 16.0. The van der Waals surface area contributed by atoms with Crippen molar-refractivity contribution in [3.63, 3.8) is 0 Å². The van der Waals surface area contributed by atoms with E-state index in [0.29, 0.717) is 0 Å². The van der Waals surface area contributed by atoms with E-state index in [2.05, 4.69) is 0 Å². The van der Waals surface area contributed by atoms with Crippen LogP contribution < -0.4 is 10.2 Å². The van der Waals surface area contributed by atoms with Crippen LogP contribution in [-0.4, -0.2) is 23.3 Å². The minimum atomic E-state index is 0. The van der Waals surface area contributed by atoms with Gasteiger partial charge in [-0.1, -0.05) is 26.7 Å².